The number of methoxy groups -OCH3 is 1. The first-order valence-electron chi connectivity index (χ1n) is 6.66. The minimum absolute atomic E-state index is 0.0434. The molecule has 0 bridgehead atoms. The maximum Gasteiger partial charge on any atom is 0.355 e. The Morgan fingerprint density at radius 1 is 1.48 bits per heavy atom. The molecule has 118 valence electrons. The van der Waals surface area contributed by atoms with E-state index in [9.17, 15) is 4.79 Å². The average Bonchev–Trinajstić information content (AvgIpc) is 3.29. The van der Waals surface area contributed by atoms with Gasteiger partial charge in [0.15, 0.2) is 5.65 Å². The Balaban J connectivity index is 1.66. The highest BCUT2D eigenvalue weighted by atomic mass is 32.2. The Morgan fingerprint density at radius 3 is 3.17 bits per heavy atom. The fourth-order valence-electron chi connectivity index (χ4n) is 2.23. The van der Waals surface area contributed by atoms with E-state index in [-0.39, 0.29) is 17.8 Å². The van der Waals surface area contributed by atoms with Crippen LogP contribution in [0.5, 0.6) is 0 Å². The van der Waals surface area contributed by atoms with Crippen LogP contribution in [0.1, 0.15) is 16.6 Å². The van der Waals surface area contributed by atoms with Crippen molar-refractivity contribution in [2.45, 2.75) is 12.1 Å². The molecule has 0 spiro atoms. The molecule has 0 saturated heterocycles. The highest BCUT2D eigenvalue weighted by Crippen LogP contribution is 2.48. The van der Waals surface area contributed by atoms with Crippen molar-refractivity contribution in [3.05, 3.63) is 55.6 Å². The standard InChI is InChI=1S/C13H11N6O2S2/c1-21-7-19-13(20)18-6-14-10(11(18)16-17-19)12-15-9(5-23-12)8-2-3-22-4-8/h2-6,12H,7H2,1H3/q-1. The van der Waals surface area contributed by atoms with Gasteiger partial charge in [-0.3, -0.25) is 0 Å². The molecule has 0 N–H and O–H groups in total. The summed E-state index contributed by atoms with van der Waals surface area (Å²) in [6, 6.07) is 2.03. The van der Waals surface area contributed by atoms with E-state index in [1.807, 2.05) is 22.2 Å². The summed E-state index contributed by atoms with van der Waals surface area (Å²) in [4.78, 5) is 16.6. The predicted molar refractivity (Wildman–Crippen MR) is 88.0 cm³/mol. The third-order valence-electron chi connectivity index (χ3n) is 3.31. The van der Waals surface area contributed by atoms with Crippen LogP contribution >= 0.6 is 23.1 Å². The summed E-state index contributed by atoms with van der Waals surface area (Å²) in [5.41, 5.74) is 2.71. The third kappa shape index (κ3) is 2.44. The van der Waals surface area contributed by atoms with Gasteiger partial charge in [-0.25, -0.2) is 14.2 Å². The predicted octanol–water partition coefficient (Wildman–Crippen LogP) is 2.07. The van der Waals surface area contributed by atoms with Crippen molar-refractivity contribution < 1.29 is 4.74 Å². The van der Waals surface area contributed by atoms with Gasteiger partial charge in [-0.15, -0.1) is 22.6 Å². The number of ether oxygens (including phenoxy) is 1. The second-order valence-electron chi connectivity index (χ2n) is 4.75. The van der Waals surface area contributed by atoms with Gasteiger partial charge in [-0.1, -0.05) is 5.21 Å². The Morgan fingerprint density at radius 2 is 2.39 bits per heavy atom. The highest BCUT2D eigenvalue weighted by molar-refractivity contribution is 8.03. The molecular weight excluding hydrogens is 336 g/mol. The highest BCUT2D eigenvalue weighted by Gasteiger charge is 2.18. The lowest BCUT2D eigenvalue weighted by Gasteiger charge is -2.24. The molecule has 0 radical (unpaired) electrons. The van der Waals surface area contributed by atoms with E-state index in [1.54, 1.807) is 23.1 Å². The lowest BCUT2D eigenvalue weighted by Crippen LogP contribution is -2.30. The number of rotatable bonds is 4. The first-order valence-corrected chi connectivity index (χ1v) is 8.55. The quantitative estimate of drug-likeness (QED) is 0.718. The minimum atomic E-state index is -0.343. The van der Waals surface area contributed by atoms with Crippen molar-refractivity contribution in [3.8, 4) is 0 Å². The molecule has 0 saturated carbocycles. The van der Waals surface area contributed by atoms with Crippen LogP contribution < -0.4 is 5.69 Å². The Kier molecular flexibility index (Phi) is 3.63. The summed E-state index contributed by atoms with van der Waals surface area (Å²) in [7, 11) is 1.49. The van der Waals surface area contributed by atoms with Gasteiger partial charge in [0.1, 0.15) is 13.1 Å². The number of thiophene rings is 1. The van der Waals surface area contributed by atoms with E-state index in [2.05, 4.69) is 20.6 Å². The van der Waals surface area contributed by atoms with Crippen molar-refractivity contribution in [2.24, 2.45) is 0 Å². The molecule has 0 amide bonds. The maximum atomic E-state index is 12.3. The largest absolute Gasteiger partial charge is 0.667 e. The van der Waals surface area contributed by atoms with E-state index >= 15 is 0 Å². The van der Waals surface area contributed by atoms with Crippen LogP contribution in [0.25, 0.3) is 16.7 Å². The molecule has 4 heterocycles. The molecule has 3 aromatic rings. The number of fused-ring (bicyclic) bond motifs is 1. The Labute approximate surface area is 138 Å². The molecule has 4 rings (SSSR count). The van der Waals surface area contributed by atoms with Crippen LogP contribution in [0.3, 0.4) is 0 Å². The number of hydrogen-bond acceptors (Lipinski definition) is 7. The second kappa shape index (κ2) is 5.80. The molecule has 1 aliphatic heterocycles. The van der Waals surface area contributed by atoms with E-state index in [4.69, 9.17) is 4.74 Å². The SMILES string of the molecule is COCn1nnc2c(C3[N-]C(c4ccsc4)=CS3)ncn2c1=O. The van der Waals surface area contributed by atoms with Crippen LogP contribution in [0.2, 0.25) is 0 Å². The van der Waals surface area contributed by atoms with Gasteiger partial charge in [0, 0.05) is 7.11 Å². The first-order chi connectivity index (χ1) is 11.3. The second-order valence-corrected chi connectivity index (χ2v) is 6.48. The molecule has 1 unspecified atom stereocenters. The summed E-state index contributed by atoms with van der Waals surface area (Å²) in [6.07, 6.45) is 1.45. The minimum Gasteiger partial charge on any atom is -0.667 e. The zero-order chi connectivity index (χ0) is 15.8. The van der Waals surface area contributed by atoms with Gasteiger partial charge in [0.25, 0.3) is 0 Å². The van der Waals surface area contributed by atoms with E-state index in [0.29, 0.717) is 11.3 Å². The zero-order valence-electron chi connectivity index (χ0n) is 12.0. The molecule has 8 nitrogen and oxygen atoms in total. The van der Waals surface area contributed by atoms with Gasteiger partial charge in [-0.05, 0) is 33.2 Å². The molecule has 0 aliphatic carbocycles. The van der Waals surface area contributed by atoms with Gasteiger partial charge in [0.2, 0.25) is 0 Å². The summed E-state index contributed by atoms with van der Waals surface area (Å²) < 4.78 is 7.41. The fraction of sp³-hybridized carbons (Fsp3) is 0.231. The summed E-state index contributed by atoms with van der Waals surface area (Å²) >= 11 is 3.17. The first kappa shape index (κ1) is 14.4. The Bertz CT molecular complexity index is 930. The maximum absolute atomic E-state index is 12.3. The number of aromatic nitrogens is 5. The number of hydrogen-bond donors (Lipinski definition) is 0. The topological polar surface area (TPSA) is 88.4 Å². The Hall–Kier alpha value is -2.17. The summed E-state index contributed by atoms with van der Waals surface area (Å²) in [6.45, 7) is 0.0434. The zero-order valence-corrected chi connectivity index (χ0v) is 13.6. The average molecular weight is 347 g/mol. The molecule has 1 aliphatic rings. The van der Waals surface area contributed by atoms with Crippen LogP contribution in [0.15, 0.2) is 33.4 Å². The number of imidazole rings is 1. The van der Waals surface area contributed by atoms with Gasteiger partial charge >= 0.3 is 5.69 Å². The van der Waals surface area contributed by atoms with Crippen molar-refractivity contribution in [1.29, 1.82) is 0 Å². The molecule has 10 heteroatoms. The van der Waals surface area contributed by atoms with Crippen LogP contribution in [0, 0.1) is 0 Å². The van der Waals surface area contributed by atoms with Crippen molar-refractivity contribution in [3.63, 3.8) is 0 Å². The van der Waals surface area contributed by atoms with Gasteiger partial charge in [0.05, 0.1) is 5.69 Å². The van der Waals surface area contributed by atoms with Crippen LogP contribution in [0.4, 0.5) is 0 Å². The van der Waals surface area contributed by atoms with Crippen molar-refractivity contribution in [2.75, 3.05) is 7.11 Å². The third-order valence-corrected chi connectivity index (χ3v) is 4.94. The smallest absolute Gasteiger partial charge is 0.355 e. The van der Waals surface area contributed by atoms with Crippen molar-refractivity contribution >= 4 is 34.4 Å². The summed E-state index contributed by atoms with van der Waals surface area (Å²) in [5, 5.41) is 18.5. The van der Waals surface area contributed by atoms with E-state index in [0.717, 1.165) is 15.9 Å². The lowest BCUT2D eigenvalue weighted by molar-refractivity contribution is 0.111. The normalized spacial score (nSPS) is 17.4. The monoisotopic (exact) mass is 347 g/mol. The number of nitrogens with zero attached hydrogens (tertiary/aromatic N) is 6. The van der Waals surface area contributed by atoms with Gasteiger partial charge in [-0.2, -0.15) is 16.0 Å². The van der Waals surface area contributed by atoms with Crippen LogP contribution in [-0.2, 0) is 11.5 Å². The molecule has 1 atom stereocenters. The fourth-order valence-corrected chi connectivity index (χ4v) is 3.80. The van der Waals surface area contributed by atoms with E-state index in [1.165, 1.54) is 17.8 Å². The molecule has 23 heavy (non-hydrogen) atoms. The molecule has 0 aromatic carbocycles. The van der Waals surface area contributed by atoms with Crippen LogP contribution in [-0.4, -0.2) is 31.5 Å². The summed E-state index contributed by atoms with van der Waals surface area (Å²) in [5.74, 6) is 0. The molecular formula is C13H11N6O2S2-. The lowest BCUT2D eigenvalue weighted by atomic mass is 10.2. The molecule has 3 aromatic heterocycles. The van der Waals surface area contributed by atoms with Gasteiger partial charge < -0.3 is 10.1 Å². The van der Waals surface area contributed by atoms with E-state index < -0.39 is 0 Å². The number of thioether (sulfide) groups is 1. The van der Waals surface area contributed by atoms with Crippen molar-refractivity contribution in [1.82, 2.24) is 24.4 Å². The molecule has 0 fully saturated rings.